The molecule has 0 amide bonds. The SMILES string of the molecule is [2H]c1c([2H])c(C([2H])([2H])[2H])c([2H])c([2H])c1-c1ccnc(-c2cc(-c3cccc4c3nc(-c3cc(C(C)(C)C)cc(C(C)(C)C)c3O)n4-c3cc(-c4ccccc4)c(C(C)(C)C)cc3-c3ccccc3)cc(C(C)(C)C)c2)c1. The number of hydrogen-bond acceptors (Lipinski definition) is 3. The van der Waals surface area contributed by atoms with E-state index in [1.54, 1.807) is 18.3 Å². The molecule has 2 heterocycles. The maximum atomic E-state index is 12.8. The van der Waals surface area contributed by atoms with Crippen molar-refractivity contribution in [3.8, 4) is 78.6 Å². The molecule has 9 rings (SSSR count). The number of aromatic nitrogens is 3. The van der Waals surface area contributed by atoms with Crippen molar-refractivity contribution in [3.05, 3.63) is 192 Å². The largest absolute Gasteiger partial charge is 0.507 e. The molecule has 69 heavy (non-hydrogen) atoms. The zero-order chi connectivity index (χ0) is 55.2. The van der Waals surface area contributed by atoms with E-state index in [0.717, 1.165) is 66.8 Å². The van der Waals surface area contributed by atoms with E-state index in [4.69, 9.17) is 19.6 Å². The van der Waals surface area contributed by atoms with Crippen LogP contribution >= 0.6 is 0 Å². The van der Waals surface area contributed by atoms with Gasteiger partial charge in [0, 0.05) is 32.6 Å². The number of imidazole rings is 1. The van der Waals surface area contributed by atoms with Crippen LogP contribution in [-0.2, 0) is 21.7 Å². The molecule has 348 valence electrons. The molecule has 0 saturated carbocycles. The van der Waals surface area contributed by atoms with Gasteiger partial charge >= 0.3 is 0 Å². The second-order valence-electron chi connectivity index (χ2n) is 22.5. The van der Waals surface area contributed by atoms with Crippen molar-refractivity contribution >= 4 is 11.0 Å². The summed E-state index contributed by atoms with van der Waals surface area (Å²) in [5, 5.41) is 12.8. The summed E-state index contributed by atoms with van der Waals surface area (Å²) in [5.74, 6) is 0.759. The van der Waals surface area contributed by atoms with E-state index < -0.39 is 42.0 Å². The van der Waals surface area contributed by atoms with Gasteiger partial charge in [-0.3, -0.25) is 9.55 Å². The van der Waals surface area contributed by atoms with Crippen LogP contribution < -0.4 is 0 Å². The van der Waals surface area contributed by atoms with Crippen LogP contribution in [0.1, 0.15) is 120 Å². The van der Waals surface area contributed by atoms with Gasteiger partial charge in [-0.25, -0.2) is 4.98 Å². The number of para-hydroxylation sites is 1. The highest BCUT2D eigenvalue weighted by molar-refractivity contribution is 5.98. The Labute approximate surface area is 420 Å². The molecule has 0 aliphatic heterocycles. The summed E-state index contributed by atoms with van der Waals surface area (Å²) in [6, 6.07) is 43.8. The second kappa shape index (κ2) is 17.5. The molecule has 0 bridgehead atoms. The summed E-state index contributed by atoms with van der Waals surface area (Å²) in [6.45, 7) is 23.3. The van der Waals surface area contributed by atoms with Gasteiger partial charge in [0.25, 0.3) is 0 Å². The van der Waals surface area contributed by atoms with Crippen molar-refractivity contribution < 1.29 is 14.7 Å². The van der Waals surface area contributed by atoms with E-state index in [1.807, 2.05) is 12.1 Å². The normalized spacial score (nSPS) is 14.1. The molecule has 0 atom stereocenters. The maximum absolute atomic E-state index is 12.8. The highest BCUT2D eigenvalue weighted by Crippen LogP contribution is 2.48. The van der Waals surface area contributed by atoms with Gasteiger partial charge in [-0.05, 0) is 127 Å². The Morgan fingerprint density at radius 2 is 1.09 bits per heavy atom. The number of fused-ring (bicyclic) bond motifs is 1. The third-order valence-corrected chi connectivity index (χ3v) is 13.1. The molecule has 0 aliphatic rings. The first kappa shape index (κ1) is 38.9. The molecule has 1 N–H and O–H groups in total. The smallest absolute Gasteiger partial charge is 0.149 e. The fourth-order valence-corrected chi connectivity index (χ4v) is 9.23. The lowest BCUT2D eigenvalue weighted by Gasteiger charge is -2.28. The molecule has 0 saturated heterocycles. The summed E-state index contributed by atoms with van der Waals surface area (Å²) in [7, 11) is 0. The van der Waals surface area contributed by atoms with Crippen LogP contribution in [0.5, 0.6) is 5.75 Å². The second-order valence-corrected chi connectivity index (χ2v) is 22.5. The minimum absolute atomic E-state index is 0.00378. The Bertz CT molecular complexity index is 3690. The highest BCUT2D eigenvalue weighted by atomic mass is 16.3. The quantitative estimate of drug-likeness (QED) is 0.173. The first-order chi connectivity index (χ1) is 35.4. The number of rotatable bonds is 7. The van der Waals surface area contributed by atoms with Gasteiger partial charge in [-0.2, -0.15) is 0 Å². The molecule has 0 aliphatic carbocycles. The maximum Gasteiger partial charge on any atom is 0.149 e. The van der Waals surface area contributed by atoms with Gasteiger partial charge in [0.05, 0.1) is 33.5 Å². The third kappa shape index (κ3) is 9.30. The van der Waals surface area contributed by atoms with E-state index in [0.29, 0.717) is 28.2 Å². The van der Waals surface area contributed by atoms with Gasteiger partial charge in [0.15, 0.2) is 0 Å². The van der Waals surface area contributed by atoms with Crippen LogP contribution in [0.25, 0.3) is 83.9 Å². The Morgan fingerprint density at radius 1 is 0.478 bits per heavy atom. The number of nitrogens with zero attached hydrogens (tertiary/aromatic N) is 3. The molecule has 4 heteroatoms. The van der Waals surface area contributed by atoms with Gasteiger partial charge in [0.1, 0.15) is 11.6 Å². The molecule has 0 spiro atoms. The molecule has 0 fully saturated rings. The van der Waals surface area contributed by atoms with Gasteiger partial charge < -0.3 is 5.11 Å². The number of phenolic OH excluding ortho intramolecular Hbond substituents is 1. The van der Waals surface area contributed by atoms with Crippen LogP contribution in [0.15, 0.2) is 164 Å². The minimum Gasteiger partial charge on any atom is -0.507 e. The summed E-state index contributed by atoms with van der Waals surface area (Å²) in [4.78, 5) is 10.6. The first-order valence-electron chi connectivity index (χ1n) is 27.4. The van der Waals surface area contributed by atoms with E-state index in [2.05, 4.69) is 197 Å². The number of aromatic hydroxyl groups is 1. The van der Waals surface area contributed by atoms with E-state index in [-0.39, 0.29) is 27.6 Å². The molecule has 0 radical (unpaired) electrons. The van der Waals surface area contributed by atoms with Crippen LogP contribution in [0.3, 0.4) is 0 Å². The van der Waals surface area contributed by atoms with Crippen molar-refractivity contribution in [2.45, 2.75) is 112 Å². The van der Waals surface area contributed by atoms with Crippen molar-refractivity contribution in [1.82, 2.24) is 14.5 Å². The fraction of sp³-hybridized carbons (Fsp3) is 0.262. The van der Waals surface area contributed by atoms with Gasteiger partial charge in [0.2, 0.25) is 0 Å². The highest BCUT2D eigenvalue weighted by Gasteiger charge is 2.31. The molecular formula is C65H67N3O. The van der Waals surface area contributed by atoms with Crippen molar-refractivity contribution in [1.29, 1.82) is 0 Å². The zero-order valence-electron chi connectivity index (χ0n) is 49.1. The van der Waals surface area contributed by atoms with E-state index in [1.165, 1.54) is 5.56 Å². The molecule has 4 nitrogen and oxygen atoms in total. The first-order valence-corrected chi connectivity index (χ1v) is 23.9. The number of pyridine rings is 1. The Kier molecular flexibility index (Phi) is 9.85. The van der Waals surface area contributed by atoms with Crippen LogP contribution in [0, 0.1) is 6.85 Å². The van der Waals surface area contributed by atoms with Crippen LogP contribution in [0.4, 0.5) is 0 Å². The summed E-state index contributed by atoms with van der Waals surface area (Å²) in [5.41, 5.74) is 12.9. The molecular weight excluding hydrogens is 839 g/mol. The number of phenols is 1. The van der Waals surface area contributed by atoms with Crippen molar-refractivity contribution in [3.63, 3.8) is 0 Å². The average Bonchev–Trinajstić information content (AvgIpc) is 3.74. The summed E-state index contributed by atoms with van der Waals surface area (Å²) >= 11 is 0. The van der Waals surface area contributed by atoms with Crippen LogP contribution in [0.2, 0.25) is 0 Å². The lowest BCUT2D eigenvalue weighted by Crippen LogP contribution is -2.17. The fourth-order valence-electron chi connectivity index (χ4n) is 9.23. The summed E-state index contributed by atoms with van der Waals surface area (Å²) in [6.07, 6.45) is 1.58. The topological polar surface area (TPSA) is 50.9 Å². The molecule has 9 aromatic rings. The van der Waals surface area contributed by atoms with Crippen molar-refractivity contribution in [2.75, 3.05) is 0 Å². The van der Waals surface area contributed by atoms with E-state index >= 15 is 0 Å². The average molecular weight is 913 g/mol. The molecule has 7 aromatic carbocycles. The Hall–Kier alpha value is -7.04. The molecule has 0 unspecified atom stereocenters. The lowest BCUT2D eigenvalue weighted by atomic mass is 9.78. The number of benzene rings is 7. The molecule has 2 aromatic heterocycles. The zero-order valence-corrected chi connectivity index (χ0v) is 42.1. The Morgan fingerprint density at radius 3 is 1.70 bits per heavy atom. The van der Waals surface area contributed by atoms with Gasteiger partial charge in [-0.1, -0.05) is 198 Å². The minimum atomic E-state index is -2.83. The monoisotopic (exact) mass is 913 g/mol. The van der Waals surface area contributed by atoms with Crippen LogP contribution in [-0.4, -0.2) is 19.6 Å². The third-order valence-electron chi connectivity index (χ3n) is 13.1. The standard InChI is InChI=1S/C65H67N3O/c1-41-27-29-42(30-28-41)45-31-32-66-56(36-45)47-33-46(34-48(35-47)62(2,3)4)50-25-20-26-57-59(50)67-61(53-37-49(63(5,6)7)38-55(60(53)69)65(11,12)13)68(57)58-40-51(43-21-16-14-17-22-43)54(64(8,9)10)39-52(58)44-23-18-15-19-24-44/h14-40,69H,1-13H3/i1D3,27D,28D,29D,30D. The lowest BCUT2D eigenvalue weighted by molar-refractivity contribution is 0.446. The van der Waals surface area contributed by atoms with E-state index in [9.17, 15) is 5.11 Å². The Balaban J connectivity index is 1.39. The predicted octanol–water partition coefficient (Wildman–Crippen LogP) is 17.6. The number of hydrogen-bond donors (Lipinski definition) is 1. The van der Waals surface area contributed by atoms with Crippen molar-refractivity contribution in [2.24, 2.45) is 0 Å². The van der Waals surface area contributed by atoms with Gasteiger partial charge in [-0.15, -0.1) is 0 Å². The summed E-state index contributed by atoms with van der Waals surface area (Å²) < 4.78 is 61.3. The predicted molar refractivity (Wildman–Crippen MR) is 293 cm³/mol.